The summed E-state index contributed by atoms with van der Waals surface area (Å²) in [5, 5.41) is 7.35. The number of rotatable bonds is 4. The summed E-state index contributed by atoms with van der Waals surface area (Å²) in [4.78, 5) is 11.8. The van der Waals surface area contributed by atoms with Crippen LogP contribution in [0.1, 0.15) is 15.9 Å². The topological polar surface area (TPSA) is 38.3 Å². The molecule has 0 radical (unpaired) electrons. The van der Waals surface area contributed by atoms with Gasteiger partial charge in [-0.05, 0) is 50.5 Å². The minimum Gasteiger partial charge on any atom is -0.465 e. The van der Waals surface area contributed by atoms with E-state index < -0.39 is 0 Å². The van der Waals surface area contributed by atoms with E-state index in [9.17, 15) is 4.79 Å². The van der Waals surface area contributed by atoms with Crippen molar-refractivity contribution in [3.05, 3.63) is 49.0 Å². The highest BCUT2D eigenvalue weighted by Gasteiger charge is 2.15. The second-order valence-corrected chi connectivity index (χ2v) is 6.34. The average molecular weight is 405 g/mol. The molecule has 1 aromatic carbocycles. The van der Waals surface area contributed by atoms with Gasteiger partial charge in [-0.3, -0.25) is 0 Å². The van der Waals surface area contributed by atoms with Crippen LogP contribution in [0.5, 0.6) is 0 Å². The molecule has 0 aliphatic rings. The standard InChI is InChI=1S/C13H11Br2NO2S/c1-18-13(17)10-4-9(14)5-11(15)12(10)16-6-8-2-3-19-7-8/h2-5,7,16H,6H2,1H3. The third kappa shape index (κ3) is 3.58. The lowest BCUT2D eigenvalue weighted by molar-refractivity contribution is 0.0601. The number of methoxy groups -OCH3 is 1. The zero-order valence-corrected chi connectivity index (χ0v) is 14.1. The maximum absolute atomic E-state index is 11.8. The third-order valence-corrected chi connectivity index (χ3v) is 4.33. The van der Waals surface area contributed by atoms with Gasteiger partial charge >= 0.3 is 5.97 Å². The average Bonchev–Trinajstić information content (AvgIpc) is 2.89. The van der Waals surface area contributed by atoms with Crippen molar-refractivity contribution in [2.45, 2.75) is 6.54 Å². The molecule has 1 N–H and O–H groups in total. The van der Waals surface area contributed by atoms with Crippen molar-refractivity contribution in [3.63, 3.8) is 0 Å². The van der Waals surface area contributed by atoms with E-state index in [0.717, 1.165) is 14.6 Å². The van der Waals surface area contributed by atoms with Crippen molar-refractivity contribution in [1.29, 1.82) is 0 Å². The summed E-state index contributed by atoms with van der Waals surface area (Å²) < 4.78 is 6.44. The number of carbonyl (C=O) groups excluding carboxylic acids is 1. The lowest BCUT2D eigenvalue weighted by atomic mass is 10.1. The van der Waals surface area contributed by atoms with Crippen molar-refractivity contribution >= 4 is 54.9 Å². The molecule has 1 heterocycles. The van der Waals surface area contributed by atoms with Crippen molar-refractivity contribution in [2.75, 3.05) is 12.4 Å². The first-order chi connectivity index (χ1) is 9.11. The van der Waals surface area contributed by atoms with Crippen LogP contribution in [0, 0.1) is 0 Å². The molecule has 2 rings (SSSR count). The number of hydrogen-bond acceptors (Lipinski definition) is 4. The number of halogens is 2. The normalized spacial score (nSPS) is 10.3. The summed E-state index contributed by atoms with van der Waals surface area (Å²) in [5.74, 6) is -0.366. The van der Waals surface area contributed by atoms with Gasteiger partial charge in [0.15, 0.2) is 0 Å². The van der Waals surface area contributed by atoms with Crippen LogP contribution in [0.25, 0.3) is 0 Å². The lowest BCUT2D eigenvalue weighted by Gasteiger charge is -2.13. The van der Waals surface area contributed by atoms with Crippen LogP contribution in [0.15, 0.2) is 37.9 Å². The van der Waals surface area contributed by atoms with Gasteiger partial charge in [-0.1, -0.05) is 15.9 Å². The Morgan fingerprint density at radius 2 is 2.21 bits per heavy atom. The van der Waals surface area contributed by atoms with Crippen LogP contribution in [0.4, 0.5) is 5.69 Å². The van der Waals surface area contributed by atoms with Gasteiger partial charge in [0.2, 0.25) is 0 Å². The number of anilines is 1. The first-order valence-corrected chi connectivity index (χ1v) is 7.97. The molecular weight excluding hydrogens is 394 g/mol. The molecule has 1 aromatic heterocycles. The molecule has 0 spiro atoms. The molecule has 2 aromatic rings. The second kappa shape index (κ2) is 6.54. The van der Waals surface area contributed by atoms with Crippen LogP contribution in [0.3, 0.4) is 0 Å². The predicted molar refractivity (Wildman–Crippen MR) is 84.8 cm³/mol. The quantitative estimate of drug-likeness (QED) is 0.752. The molecule has 0 aliphatic carbocycles. The molecule has 0 unspecified atom stereocenters. The largest absolute Gasteiger partial charge is 0.465 e. The Kier molecular flexibility index (Phi) is 5.01. The summed E-state index contributed by atoms with van der Waals surface area (Å²) in [6.07, 6.45) is 0. The monoisotopic (exact) mass is 403 g/mol. The van der Waals surface area contributed by atoms with Gasteiger partial charge in [-0.2, -0.15) is 11.3 Å². The Bertz CT molecular complexity index is 585. The number of benzene rings is 1. The summed E-state index contributed by atoms with van der Waals surface area (Å²) >= 11 is 8.48. The number of hydrogen-bond donors (Lipinski definition) is 1. The first-order valence-electron chi connectivity index (χ1n) is 5.44. The molecule has 6 heteroatoms. The molecule has 0 saturated carbocycles. The van der Waals surface area contributed by atoms with E-state index in [1.165, 1.54) is 12.7 Å². The SMILES string of the molecule is COC(=O)c1cc(Br)cc(Br)c1NCc1ccsc1. The fourth-order valence-corrected chi connectivity index (χ4v) is 3.64. The van der Waals surface area contributed by atoms with E-state index in [-0.39, 0.29) is 5.97 Å². The van der Waals surface area contributed by atoms with Gasteiger partial charge in [0.1, 0.15) is 0 Å². The first kappa shape index (κ1) is 14.6. The van der Waals surface area contributed by atoms with Gasteiger partial charge in [-0.25, -0.2) is 4.79 Å². The van der Waals surface area contributed by atoms with Crippen LogP contribution in [-0.4, -0.2) is 13.1 Å². The molecule has 0 saturated heterocycles. The highest BCUT2D eigenvalue weighted by atomic mass is 79.9. The molecule has 0 amide bonds. The molecule has 0 aliphatic heterocycles. The lowest BCUT2D eigenvalue weighted by Crippen LogP contribution is -2.09. The number of esters is 1. The van der Waals surface area contributed by atoms with Crippen molar-refractivity contribution < 1.29 is 9.53 Å². The smallest absolute Gasteiger partial charge is 0.340 e. The number of carbonyl (C=O) groups is 1. The highest BCUT2D eigenvalue weighted by molar-refractivity contribution is 9.11. The third-order valence-electron chi connectivity index (χ3n) is 2.51. The maximum Gasteiger partial charge on any atom is 0.340 e. The summed E-state index contributed by atoms with van der Waals surface area (Å²) in [5.41, 5.74) is 2.41. The number of thiophene rings is 1. The Morgan fingerprint density at radius 1 is 1.42 bits per heavy atom. The summed E-state index contributed by atoms with van der Waals surface area (Å²) in [6, 6.07) is 5.68. The fourth-order valence-electron chi connectivity index (χ4n) is 1.61. The Morgan fingerprint density at radius 3 is 2.84 bits per heavy atom. The number of ether oxygens (including phenoxy) is 1. The molecule has 100 valence electrons. The number of nitrogens with one attached hydrogen (secondary N) is 1. The minimum absolute atomic E-state index is 0.366. The fraction of sp³-hybridized carbons (Fsp3) is 0.154. The van der Waals surface area contributed by atoms with Gasteiger partial charge < -0.3 is 10.1 Å². The molecule has 0 bridgehead atoms. The molecule has 19 heavy (non-hydrogen) atoms. The minimum atomic E-state index is -0.366. The van der Waals surface area contributed by atoms with E-state index in [0.29, 0.717) is 12.1 Å². The zero-order valence-electron chi connectivity index (χ0n) is 10.1. The Labute approximate surface area is 132 Å². The summed E-state index contributed by atoms with van der Waals surface area (Å²) in [7, 11) is 1.37. The van der Waals surface area contributed by atoms with E-state index in [2.05, 4.69) is 42.6 Å². The van der Waals surface area contributed by atoms with E-state index in [4.69, 9.17) is 4.74 Å². The van der Waals surface area contributed by atoms with Crippen LogP contribution < -0.4 is 5.32 Å². The van der Waals surface area contributed by atoms with Gasteiger partial charge in [-0.15, -0.1) is 0 Å². The van der Waals surface area contributed by atoms with Crippen LogP contribution in [-0.2, 0) is 11.3 Å². The molecule has 3 nitrogen and oxygen atoms in total. The molecule has 0 atom stereocenters. The van der Waals surface area contributed by atoms with Crippen molar-refractivity contribution in [3.8, 4) is 0 Å². The molecular formula is C13H11Br2NO2S. The van der Waals surface area contributed by atoms with Gasteiger partial charge in [0.25, 0.3) is 0 Å². The van der Waals surface area contributed by atoms with Gasteiger partial charge in [0, 0.05) is 15.5 Å². The van der Waals surface area contributed by atoms with E-state index in [1.807, 2.05) is 17.5 Å². The highest BCUT2D eigenvalue weighted by Crippen LogP contribution is 2.31. The van der Waals surface area contributed by atoms with Crippen molar-refractivity contribution in [2.24, 2.45) is 0 Å². The van der Waals surface area contributed by atoms with Crippen LogP contribution >= 0.6 is 43.2 Å². The van der Waals surface area contributed by atoms with E-state index in [1.54, 1.807) is 17.4 Å². The summed E-state index contributed by atoms with van der Waals surface area (Å²) in [6.45, 7) is 0.660. The van der Waals surface area contributed by atoms with E-state index >= 15 is 0 Å². The van der Waals surface area contributed by atoms with Gasteiger partial charge in [0.05, 0.1) is 18.4 Å². The zero-order chi connectivity index (χ0) is 13.8. The predicted octanol–water partition coefficient (Wildman–Crippen LogP) is 4.67. The maximum atomic E-state index is 11.8. The molecule has 0 fully saturated rings. The van der Waals surface area contributed by atoms with Crippen molar-refractivity contribution in [1.82, 2.24) is 0 Å². The second-order valence-electron chi connectivity index (χ2n) is 3.79. The Balaban J connectivity index is 2.29. The van der Waals surface area contributed by atoms with Crippen LogP contribution in [0.2, 0.25) is 0 Å². The Hall–Kier alpha value is -0.850.